The molecule has 0 fully saturated rings. The lowest BCUT2D eigenvalue weighted by atomic mass is 9.79. The Morgan fingerprint density at radius 3 is 0.692 bits per heavy atom. The summed E-state index contributed by atoms with van der Waals surface area (Å²) < 4.78 is 30.6. The van der Waals surface area contributed by atoms with Gasteiger partial charge in [0.2, 0.25) is 0 Å². The van der Waals surface area contributed by atoms with E-state index in [0.717, 1.165) is 99.2 Å². The molecule has 0 saturated heterocycles. The molecule has 0 aliphatic heterocycles. The molecular formula is C70H78N2O6. The maximum absolute atomic E-state index is 12.3. The van der Waals surface area contributed by atoms with Crippen molar-refractivity contribution in [1.82, 2.24) is 0 Å². The van der Waals surface area contributed by atoms with Crippen LogP contribution in [0.15, 0.2) is 158 Å². The van der Waals surface area contributed by atoms with Crippen LogP contribution < -0.4 is 28.4 Å². The van der Waals surface area contributed by atoms with Gasteiger partial charge in [-0.2, -0.15) is 9.46 Å². The Kier molecular flexibility index (Phi) is 15.9. The van der Waals surface area contributed by atoms with Crippen LogP contribution in [0, 0.1) is 10.4 Å². The summed E-state index contributed by atoms with van der Waals surface area (Å²) in [5, 5.41) is 24.6. The lowest BCUT2D eigenvalue weighted by Crippen LogP contribution is -2.24. The third-order valence-electron chi connectivity index (χ3n) is 14.9. The topological polar surface area (TPSA) is 90.8 Å². The van der Waals surface area contributed by atoms with E-state index in [1.54, 1.807) is 0 Å². The van der Waals surface area contributed by atoms with Gasteiger partial charge in [0.25, 0.3) is 0 Å². The first-order valence-corrected chi connectivity index (χ1v) is 27.5. The average molecular weight is 1040 g/mol. The van der Waals surface area contributed by atoms with E-state index in [1.807, 2.05) is 36.4 Å². The lowest BCUT2D eigenvalue weighted by Gasteiger charge is -2.29. The zero-order valence-corrected chi connectivity index (χ0v) is 48.0. The second-order valence-corrected chi connectivity index (χ2v) is 25.5. The van der Waals surface area contributed by atoms with E-state index in [1.165, 1.54) is 47.0 Å². The molecule has 2 aromatic heterocycles. The largest absolute Gasteiger partial charge is 0.619 e. The first-order valence-electron chi connectivity index (χ1n) is 27.5. The van der Waals surface area contributed by atoms with E-state index in [-0.39, 0.29) is 34.9 Å². The highest BCUT2D eigenvalue weighted by atomic mass is 16.5. The van der Waals surface area contributed by atoms with Crippen LogP contribution in [-0.2, 0) is 73.8 Å². The standard InChI is InChI=1S/C70H78N2O6/c1-67(2,3)59-35-51-31-55-39-61(69(7,8)9)41-57(65(55)77-45-49-23-27-71(73)28-24-49)33-53-37-60(68(4,5)6)38-54(64(53)76-44-48-21-17-14-18-22-48)34-58-42-62(70(10,11)12)40-56(66(58)78-46-50-25-29-72(74)30-26-50)32-52(36-59)63(51)75-43-47-19-15-13-16-20-47/h13-30,35-42H,31-34,43-46H2,1-12H3. The highest BCUT2D eigenvalue weighted by Gasteiger charge is 2.30. The van der Waals surface area contributed by atoms with Crippen LogP contribution in [0.5, 0.6) is 23.0 Å². The van der Waals surface area contributed by atoms with Gasteiger partial charge in [-0.15, -0.1) is 0 Å². The zero-order valence-electron chi connectivity index (χ0n) is 48.0. The van der Waals surface area contributed by atoms with Crippen molar-refractivity contribution in [3.8, 4) is 23.0 Å². The molecule has 1 aliphatic rings. The molecular weight excluding hydrogens is 965 g/mol. The van der Waals surface area contributed by atoms with Gasteiger partial charge in [0.05, 0.1) is 0 Å². The molecule has 0 atom stereocenters. The third kappa shape index (κ3) is 13.4. The lowest BCUT2D eigenvalue weighted by molar-refractivity contribution is -0.605. The number of pyridine rings is 2. The maximum Gasteiger partial charge on any atom is 0.180 e. The molecule has 9 rings (SSSR count). The summed E-state index contributed by atoms with van der Waals surface area (Å²) in [5.74, 6) is 3.29. The molecule has 2 heterocycles. The predicted molar refractivity (Wildman–Crippen MR) is 313 cm³/mol. The molecule has 404 valence electrons. The Bertz CT molecular complexity index is 3050. The van der Waals surface area contributed by atoms with Crippen LogP contribution in [0.25, 0.3) is 0 Å². The Labute approximate surface area is 463 Å². The molecule has 78 heavy (non-hydrogen) atoms. The van der Waals surface area contributed by atoms with Gasteiger partial charge in [-0.1, -0.05) is 192 Å². The van der Waals surface area contributed by atoms with Gasteiger partial charge in [-0.3, -0.25) is 0 Å². The smallest absolute Gasteiger partial charge is 0.180 e. The average Bonchev–Trinajstić information content (AvgIpc) is 3.48. The minimum Gasteiger partial charge on any atom is -0.619 e. The number of hydrogen-bond donors (Lipinski definition) is 0. The third-order valence-corrected chi connectivity index (χ3v) is 14.9. The summed E-state index contributed by atoms with van der Waals surface area (Å²) in [6.07, 6.45) is 8.16. The molecule has 1 aliphatic carbocycles. The second-order valence-electron chi connectivity index (χ2n) is 25.5. The van der Waals surface area contributed by atoms with Crippen molar-refractivity contribution in [2.45, 2.75) is 157 Å². The van der Waals surface area contributed by atoms with Crippen molar-refractivity contribution in [3.63, 3.8) is 0 Å². The molecule has 8 heteroatoms. The summed E-state index contributed by atoms with van der Waals surface area (Å²) in [6.45, 7) is 28.6. The molecule has 0 N–H and O–H groups in total. The number of fused-ring (bicyclic) bond motifs is 8. The molecule has 8 bridgehead atoms. The van der Waals surface area contributed by atoms with E-state index in [2.05, 4.69) is 180 Å². The minimum atomic E-state index is -0.223. The van der Waals surface area contributed by atoms with E-state index in [4.69, 9.17) is 18.9 Å². The Hall–Kier alpha value is -7.58. The molecule has 8 aromatic rings. The normalized spacial score (nSPS) is 13.0. The van der Waals surface area contributed by atoms with E-state index in [0.29, 0.717) is 38.9 Å². The summed E-state index contributed by atoms with van der Waals surface area (Å²) in [6, 6.07) is 46.9. The van der Waals surface area contributed by atoms with Crippen LogP contribution in [0.1, 0.15) is 172 Å². The molecule has 0 amide bonds. The van der Waals surface area contributed by atoms with Crippen LogP contribution in [0.4, 0.5) is 0 Å². The minimum absolute atomic E-state index is 0.222. The van der Waals surface area contributed by atoms with Crippen LogP contribution in [0.2, 0.25) is 0 Å². The van der Waals surface area contributed by atoms with Crippen LogP contribution in [0.3, 0.4) is 0 Å². The van der Waals surface area contributed by atoms with Gasteiger partial charge in [-0.25, -0.2) is 0 Å². The van der Waals surface area contributed by atoms with Crippen molar-refractivity contribution >= 4 is 0 Å². The van der Waals surface area contributed by atoms with Crippen molar-refractivity contribution in [3.05, 3.63) is 258 Å². The maximum atomic E-state index is 12.3. The van der Waals surface area contributed by atoms with Crippen molar-refractivity contribution in [2.24, 2.45) is 0 Å². The first kappa shape index (κ1) is 55.2. The molecule has 0 saturated carbocycles. The molecule has 0 unspecified atom stereocenters. The van der Waals surface area contributed by atoms with Crippen LogP contribution in [-0.4, -0.2) is 0 Å². The fourth-order valence-corrected chi connectivity index (χ4v) is 10.2. The van der Waals surface area contributed by atoms with E-state index < -0.39 is 0 Å². The number of nitrogens with zero attached hydrogens (tertiary/aromatic N) is 2. The van der Waals surface area contributed by atoms with Crippen molar-refractivity contribution in [1.29, 1.82) is 0 Å². The molecule has 6 aromatic carbocycles. The Balaban J connectivity index is 1.38. The highest BCUT2D eigenvalue weighted by molar-refractivity contribution is 5.60. The SMILES string of the molecule is CC(C)(C)c1cc2c(OCc3ccccc3)c(c1)Cc1cc(C(C)(C)C)cc(c1OCc1cc[n+]([O-])cc1)Cc1cc(C(C)(C)C)cc(c1OCc1ccccc1)Cc1cc(C(C)(C)C)cc(c1OCc1cc[n+]([O-])cc1)C2. The van der Waals surface area contributed by atoms with E-state index in [9.17, 15) is 10.4 Å². The second kappa shape index (κ2) is 22.4. The summed E-state index contributed by atoms with van der Waals surface area (Å²) in [4.78, 5) is 0. The van der Waals surface area contributed by atoms with Gasteiger partial charge < -0.3 is 29.4 Å². The number of rotatable bonds is 12. The van der Waals surface area contributed by atoms with Gasteiger partial charge in [-0.05, 0) is 99.5 Å². The summed E-state index contributed by atoms with van der Waals surface area (Å²) in [5.41, 5.74) is 16.2. The Morgan fingerprint density at radius 2 is 0.500 bits per heavy atom. The molecule has 0 radical (unpaired) electrons. The quantitative estimate of drug-likeness (QED) is 0.0894. The number of ether oxygens (including phenoxy) is 4. The number of aromatic nitrogens is 2. The van der Waals surface area contributed by atoms with Crippen molar-refractivity contribution in [2.75, 3.05) is 0 Å². The monoisotopic (exact) mass is 1040 g/mol. The van der Waals surface area contributed by atoms with Crippen LogP contribution >= 0.6 is 0 Å². The number of benzene rings is 6. The van der Waals surface area contributed by atoms with Gasteiger partial charge >= 0.3 is 0 Å². The highest BCUT2D eigenvalue weighted by Crippen LogP contribution is 2.45. The summed E-state index contributed by atoms with van der Waals surface area (Å²) in [7, 11) is 0. The predicted octanol–water partition coefficient (Wildman–Crippen LogP) is 15.1. The number of hydrogen-bond acceptors (Lipinski definition) is 6. The van der Waals surface area contributed by atoms with E-state index >= 15 is 0 Å². The first-order chi connectivity index (χ1) is 36.9. The van der Waals surface area contributed by atoms with Gasteiger partial charge in [0, 0.05) is 61.1 Å². The van der Waals surface area contributed by atoms with Gasteiger partial charge in [0.1, 0.15) is 49.4 Å². The fraction of sp³-hybridized carbons (Fsp3) is 0.343. The Morgan fingerprint density at radius 1 is 0.308 bits per heavy atom. The zero-order chi connectivity index (χ0) is 55.6. The van der Waals surface area contributed by atoms with Crippen molar-refractivity contribution < 1.29 is 28.4 Å². The molecule has 8 nitrogen and oxygen atoms in total. The fourth-order valence-electron chi connectivity index (χ4n) is 10.2. The van der Waals surface area contributed by atoms with Gasteiger partial charge in [0.15, 0.2) is 24.8 Å². The summed E-state index contributed by atoms with van der Waals surface area (Å²) >= 11 is 0. The molecule has 0 spiro atoms.